The van der Waals surface area contributed by atoms with Gasteiger partial charge in [-0.15, -0.1) is 0 Å². The van der Waals surface area contributed by atoms with Gasteiger partial charge in [-0.1, -0.05) is 0 Å². The third kappa shape index (κ3) is 1.14. The van der Waals surface area contributed by atoms with Crippen LogP contribution in [0.1, 0.15) is 31.1 Å². The monoisotopic (exact) mass is 165 g/mol. The molecule has 0 radical (unpaired) electrons. The fourth-order valence-electron chi connectivity index (χ4n) is 1.60. The molecule has 0 aliphatic carbocycles. The predicted molar refractivity (Wildman–Crippen MR) is 47.8 cm³/mol. The van der Waals surface area contributed by atoms with Gasteiger partial charge >= 0.3 is 0 Å². The van der Waals surface area contributed by atoms with Gasteiger partial charge in [0.2, 0.25) is 0 Å². The molecule has 0 fully saturated rings. The topological polar surface area (TPSA) is 21.1 Å². The molecule has 0 spiro atoms. The Morgan fingerprint density at radius 3 is 2.75 bits per heavy atom. The van der Waals surface area contributed by atoms with Crippen molar-refractivity contribution < 1.29 is 0 Å². The number of hydrogen-bond donors (Lipinski definition) is 0. The van der Waals surface area contributed by atoms with Crippen LogP contribution in [0, 0.1) is 0 Å². The Hall–Kier alpha value is -0.830. The molecule has 66 valence electrons. The van der Waals surface area contributed by atoms with Gasteiger partial charge in [0.25, 0.3) is 0 Å². The Kier molecular flexibility index (Phi) is 1.68. The molecular formula is C9H15N3. The van der Waals surface area contributed by atoms with E-state index in [0.29, 0.717) is 6.04 Å². The fourth-order valence-corrected chi connectivity index (χ4v) is 1.60. The zero-order valence-electron chi connectivity index (χ0n) is 7.91. The zero-order chi connectivity index (χ0) is 8.72. The van der Waals surface area contributed by atoms with Crippen LogP contribution >= 0.6 is 0 Å². The first-order valence-corrected chi connectivity index (χ1v) is 4.42. The lowest BCUT2D eigenvalue weighted by Crippen LogP contribution is -2.11. The molecule has 1 aromatic rings. The summed E-state index contributed by atoms with van der Waals surface area (Å²) in [4.78, 5) is 2.28. The van der Waals surface area contributed by atoms with Crippen LogP contribution in [0.5, 0.6) is 0 Å². The maximum Gasteiger partial charge on any atom is 0.0809 e. The van der Waals surface area contributed by atoms with Gasteiger partial charge in [-0.25, -0.2) is 0 Å². The van der Waals surface area contributed by atoms with Crippen molar-refractivity contribution in [3.63, 3.8) is 0 Å². The summed E-state index contributed by atoms with van der Waals surface area (Å²) >= 11 is 0. The van der Waals surface area contributed by atoms with Gasteiger partial charge in [0.05, 0.1) is 5.69 Å². The van der Waals surface area contributed by atoms with E-state index in [2.05, 4.69) is 41.8 Å². The summed E-state index contributed by atoms with van der Waals surface area (Å²) in [6.07, 6.45) is 2.17. The molecule has 0 amide bonds. The van der Waals surface area contributed by atoms with E-state index in [1.54, 1.807) is 0 Å². The van der Waals surface area contributed by atoms with E-state index in [1.807, 2.05) is 0 Å². The summed E-state index contributed by atoms with van der Waals surface area (Å²) in [5.74, 6) is 0. The predicted octanol–water partition coefficient (Wildman–Crippen LogP) is 1.41. The average molecular weight is 165 g/mol. The number of fused-ring (bicyclic) bond motifs is 1. The van der Waals surface area contributed by atoms with Gasteiger partial charge in [-0.2, -0.15) is 5.10 Å². The molecule has 0 bridgehead atoms. The molecule has 1 aromatic heterocycles. The van der Waals surface area contributed by atoms with Gasteiger partial charge in [-0.05, 0) is 20.9 Å². The summed E-state index contributed by atoms with van der Waals surface area (Å²) in [5.41, 5.74) is 2.65. The Bertz CT molecular complexity index is 264. The summed E-state index contributed by atoms with van der Waals surface area (Å²) in [5, 5.41) is 4.52. The largest absolute Gasteiger partial charge is 0.296 e. The smallest absolute Gasteiger partial charge is 0.0809 e. The van der Waals surface area contributed by atoms with Gasteiger partial charge in [0, 0.05) is 30.9 Å². The van der Waals surface area contributed by atoms with Crippen LogP contribution in [0.4, 0.5) is 0 Å². The lowest BCUT2D eigenvalue weighted by Gasteiger charge is -2.08. The first-order chi connectivity index (χ1) is 5.66. The highest BCUT2D eigenvalue weighted by Gasteiger charge is 2.19. The second kappa shape index (κ2) is 2.59. The van der Waals surface area contributed by atoms with Crippen molar-refractivity contribution in [2.45, 2.75) is 33.0 Å². The van der Waals surface area contributed by atoms with Crippen LogP contribution in [-0.2, 0) is 13.1 Å². The van der Waals surface area contributed by atoms with E-state index in [1.165, 1.54) is 11.3 Å². The highest BCUT2D eigenvalue weighted by atomic mass is 15.3. The quantitative estimate of drug-likeness (QED) is 0.627. The lowest BCUT2D eigenvalue weighted by atomic mass is 10.3. The van der Waals surface area contributed by atoms with E-state index < -0.39 is 0 Å². The van der Waals surface area contributed by atoms with Gasteiger partial charge < -0.3 is 0 Å². The first-order valence-electron chi connectivity index (χ1n) is 4.42. The van der Waals surface area contributed by atoms with E-state index in [-0.39, 0.29) is 0 Å². The van der Waals surface area contributed by atoms with Crippen molar-refractivity contribution in [2.75, 3.05) is 7.05 Å². The van der Waals surface area contributed by atoms with E-state index in [9.17, 15) is 0 Å². The molecule has 1 aliphatic heterocycles. The number of hydrogen-bond acceptors (Lipinski definition) is 2. The standard InChI is InChI=1S/C9H15N3/c1-7(2)12-5-8-4-11(3)6-9(8)10-12/h5,7H,4,6H2,1-3H3. The van der Waals surface area contributed by atoms with E-state index in [4.69, 9.17) is 0 Å². The Morgan fingerprint density at radius 2 is 2.17 bits per heavy atom. The molecule has 0 N–H and O–H groups in total. The molecule has 3 heteroatoms. The third-order valence-corrected chi connectivity index (χ3v) is 2.28. The molecule has 3 nitrogen and oxygen atoms in total. The van der Waals surface area contributed by atoms with Crippen molar-refractivity contribution in [3.05, 3.63) is 17.5 Å². The summed E-state index contributed by atoms with van der Waals surface area (Å²) in [7, 11) is 2.13. The lowest BCUT2D eigenvalue weighted by molar-refractivity contribution is 0.343. The summed E-state index contributed by atoms with van der Waals surface area (Å²) in [6, 6.07) is 0.487. The average Bonchev–Trinajstić information content (AvgIpc) is 2.42. The van der Waals surface area contributed by atoms with E-state index >= 15 is 0 Å². The molecule has 1 aliphatic rings. The molecule has 2 heterocycles. The van der Waals surface area contributed by atoms with E-state index in [0.717, 1.165) is 13.1 Å². The van der Waals surface area contributed by atoms with Crippen LogP contribution in [0.25, 0.3) is 0 Å². The number of aromatic nitrogens is 2. The molecule has 0 unspecified atom stereocenters. The first kappa shape index (κ1) is 7.80. The molecule has 2 rings (SSSR count). The van der Waals surface area contributed by atoms with Crippen molar-refractivity contribution in [2.24, 2.45) is 0 Å². The maximum atomic E-state index is 4.52. The van der Waals surface area contributed by atoms with Gasteiger partial charge in [0.15, 0.2) is 0 Å². The van der Waals surface area contributed by atoms with Gasteiger partial charge in [0.1, 0.15) is 0 Å². The van der Waals surface area contributed by atoms with Crippen molar-refractivity contribution >= 4 is 0 Å². The molecular weight excluding hydrogens is 150 g/mol. The Labute approximate surface area is 73.0 Å². The number of rotatable bonds is 1. The molecule has 0 saturated carbocycles. The molecule has 0 aromatic carbocycles. The highest BCUT2D eigenvalue weighted by molar-refractivity contribution is 5.21. The van der Waals surface area contributed by atoms with Crippen molar-refractivity contribution in [1.29, 1.82) is 0 Å². The van der Waals surface area contributed by atoms with Crippen LogP contribution in [0.3, 0.4) is 0 Å². The van der Waals surface area contributed by atoms with Crippen LogP contribution in [0.15, 0.2) is 6.20 Å². The zero-order valence-corrected chi connectivity index (χ0v) is 7.91. The van der Waals surface area contributed by atoms with Crippen LogP contribution in [-0.4, -0.2) is 21.7 Å². The summed E-state index contributed by atoms with van der Waals surface area (Å²) in [6.45, 7) is 6.38. The minimum atomic E-state index is 0.487. The Balaban J connectivity index is 2.28. The van der Waals surface area contributed by atoms with Crippen molar-refractivity contribution in [3.8, 4) is 0 Å². The minimum Gasteiger partial charge on any atom is -0.296 e. The summed E-state index contributed by atoms with van der Waals surface area (Å²) < 4.78 is 2.05. The third-order valence-electron chi connectivity index (χ3n) is 2.28. The van der Waals surface area contributed by atoms with Crippen LogP contribution < -0.4 is 0 Å². The van der Waals surface area contributed by atoms with Crippen LogP contribution in [0.2, 0.25) is 0 Å². The SMILES string of the molecule is CC(C)n1cc2c(n1)CN(C)C2. The second-order valence-corrected chi connectivity index (χ2v) is 3.85. The molecule has 12 heavy (non-hydrogen) atoms. The van der Waals surface area contributed by atoms with Crippen molar-refractivity contribution in [1.82, 2.24) is 14.7 Å². The van der Waals surface area contributed by atoms with Gasteiger partial charge in [-0.3, -0.25) is 9.58 Å². The second-order valence-electron chi connectivity index (χ2n) is 3.85. The molecule has 0 atom stereocenters. The fraction of sp³-hybridized carbons (Fsp3) is 0.667. The minimum absolute atomic E-state index is 0.487. The normalized spacial score (nSPS) is 17.3. The molecule has 0 saturated heterocycles. The maximum absolute atomic E-state index is 4.52. The number of nitrogens with zero attached hydrogens (tertiary/aromatic N) is 3. The Morgan fingerprint density at radius 1 is 1.42 bits per heavy atom. The highest BCUT2D eigenvalue weighted by Crippen LogP contribution is 2.20.